The first-order valence-corrected chi connectivity index (χ1v) is 10.3. The third-order valence-electron chi connectivity index (χ3n) is 5.35. The Morgan fingerprint density at radius 2 is 1.83 bits per heavy atom. The molecule has 152 valence electrons. The molecule has 1 fully saturated rings. The summed E-state index contributed by atoms with van der Waals surface area (Å²) in [5.41, 5.74) is 4.15. The molecule has 0 atom stereocenters. The van der Waals surface area contributed by atoms with Crippen molar-refractivity contribution in [2.45, 2.75) is 27.2 Å². The number of amides is 2. The third kappa shape index (κ3) is 4.06. The van der Waals surface area contributed by atoms with Crippen molar-refractivity contribution in [3.63, 3.8) is 0 Å². The summed E-state index contributed by atoms with van der Waals surface area (Å²) in [6, 6.07) is 12.3. The van der Waals surface area contributed by atoms with E-state index in [1.165, 1.54) is 5.56 Å². The van der Waals surface area contributed by atoms with E-state index in [1.54, 1.807) is 0 Å². The molecule has 2 aliphatic rings. The summed E-state index contributed by atoms with van der Waals surface area (Å²) >= 11 is 0. The van der Waals surface area contributed by atoms with Gasteiger partial charge in [0.15, 0.2) is 5.75 Å². The second-order valence-electron chi connectivity index (χ2n) is 7.67. The van der Waals surface area contributed by atoms with Gasteiger partial charge >= 0.3 is 6.03 Å². The van der Waals surface area contributed by atoms with E-state index in [0.29, 0.717) is 13.1 Å². The molecule has 0 unspecified atom stereocenters. The van der Waals surface area contributed by atoms with Crippen LogP contribution in [0.5, 0.6) is 11.5 Å². The predicted molar refractivity (Wildman–Crippen MR) is 115 cm³/mol. The molecule has 2 aromatic carbocycles. The molecule has 0 spiro atoms. The fourth-order valence-electron chi connectivity index (χ4n) is 3.83. The van der Waals surface area contributed by atoms with Gasteiger partial charge in [-0.25, -0.2) is 9.79 Å². The number of amidine groups is 1. The zero-order valence-corrected chi connectivity index (χ0v) is 17.4. The molecule has 0 radical (unpaired) electrons. The number of nitrogens with one attached hydrogen (secondary N) is 1. The summed E-state index contributed by atoms with van der Waals surface area (Å²) < 4.78 is 6.27. The van der Waals surface area contributed by atoms with Crippen LogP contribution in [0.4, 0.5) is 10.5 Å². The SMILES string of the molecule is CCNC(=O)N1CCCN(C2=Nc3ccc(C)cc3Oc3ccc(C)cc32)CC1. The number of hydrogen-bond acceptors (Lipinski definition) is 4. The van der Waals surface area contributed by atoms with Crippen LogP contribution in [0.3, 0.4) is 0 Å². The molecule has 1 N–H and O–H groups in total. The fourth-order valence-corrected chi connectivity index (χ4v) is 3.83. The molecule has 2 aliphatic heterocycles. The molecule has 6 nitrogen and oxygen atoms in total. The summed E-state index contributed by atoms with van der Waals surface area (Å²) in [5, 5.41) is 2.91. The second-order valence-corrected chi connectivity index (χ2v) is 7.67. The van der Waals surface area contributed by atoms with Crippen LogP contribution in [0.25, 0.3) is 0 Å². The molecule has 6 heteroatoms. The fraction of sp³-hybridized carbons (Fsp3) is 0.391. The standard InChI is InChI=1S/C23H28N4O2/c1-4-24-23(28)27-11-5-10-26(12-13-27)22-18-14-16(2)7-9-20(18)29-21-15-17(3)6-8-19(21)25-22/h6-9,14-15H,4-5,10-13H2,1-3H3,(H,24,28). The van der Waals surface area contributed by atoms with Crippen molar-refractivity contribution < 1.29 is 9.53 Å². The normalized spacial score (nSPS) is 16.0. The Kier molecular flexibility index (Phi) is 5.43. The molecule has 0 bridgehead atoms. The van der Waals surface area contributed by atoms with Crippen LogP contribution in [-0.2, 0) is 0 Å². The van der Waals surface area contributed by atoms with Crippen molar-refractivity contribution in [1.82, 2.24) is 15.1 Å². The van der Waals surface area contributed by atoms with Crippen LogP contribution in [0, 0.1) is 13.8 Å². The summed E-state index contributed by atoms with van der Waals surface area (Å²) in [7, 11) is 0. The molecular formula is C23H28N4O2. The maximum absolute atomic E-state index is 12.3. The van der Waals surface area contributed by atoms with Crippen molar-refractivity contribution in [3.05, 3.63) is 53.1 Å². The van der Waals surface area contributed by atoms with Gasteiger partial charge < -0.3 is 19.9 Å². The number of ether oxygens (including phenoxy) is 1. The van der Waals surface area contributed by atoms with Crippen LogP contribution in [-0.4, -0.2) is 54.4 Å². The van der Waals surface area contributed by atoms with E-state index < -0.39 is 0 Å². The molecule has 2 heterocycles. The number of nitrogens with zero attached hydrogens (tertiary/aromatic N) is 3. The highest BCUT2D eigenvalue weighted by atomic mass is 16.5. The first-order valence-electron chi connectivity index (χ1n) is 10.3. The van der Waals surface area contributed by atoms with Gasteiger partial charge in [0.1, 0.15) is 17.3 Å². The molecule has 0 saturated carbocycles. The van der Waals surface area contributed by atoms with Gasteiger partial charge in [0.2, 0.25) is 0 Å². The lowest BCUT2D eigenvalue weighted by atomic mass is 10.1. The monoisotopic (exact) mass is 392 g/mol. The van der Waals surface area contributed by atoms with E-state index in [9.17, 15) is 4.79 Å². The average molecular weight is 393 g/mol. The molecule has 0 aromatic heterocycles. The minimum atomic E-state index is 0.0116. The molecule has 29 heavy (non-hydrogen) atoms. The van der Waals surface area contributed by atoms with Gasteiger partial charge in [-0.1, -0.05) is 17.7 Å². The summed E-state index contributed by atoms with van der Waals surface area (Å²) in [6.07, 6.45) is 0.902. The van der Waals surface area contributed by atoms with Crippen LogP contribution in [0.15, 0.2) is 41.4 Å². The van der Waals surface area contributed by atoms with Crippen LogP contribution in [0.1, 0.15) is 30.0 Å². The topological polar surface area (TPSA) is 57.2 Å². The number of hydrogen-bond donors (Lipinski definition) is 1. The number of aryl methyl sites for hydroxylation is 2. The van der Waals surface area contributed by atoms with Gasteiger partial charge in [-0.2, -0.15) is 0 Å². The maximum Gasteiger partial charge on any atom is 0.317 e. The number of benzene rings is 2. The Hall–Kier alpha value is -3.02. The van der Waals surface area contributed by atoms with Crippen molar-refractivity contribution >= 4 is 17.6 Å². The highest BCUT2D eigenvalue weighted by Gasteiger charge is 2.26. The number of rotatable bonds is 1. The lowest BCUT2D eigenvalue weighted by Gasteiger charge is -2.25. The van der Waals surface area contributed by atoms with E-state index in [2.05, 4.69) is 42.3 Å². The Balaban J connectivity index is 1.70. The summed E-state index contributed by atoms with van der Waals surface area (Å²) in [4.78, 5) is 21.5. The zero-order valence-electron chi connectivity index (χ0n) is 17.4. The van der Waals surface area contributed by atoms with E-state index in [-0.39, 0.29) is 6.03 Å². The minimum Gasteiger partial charge on any atom is -0.454 e. The molecule has 2 aromatic rings. The van der Waals surface area contributed by atoms with Gasteiger partial charge in [0.05, 0.1) is 5.56 Å². The lowest BCUT2D eigenvalue weighted by Crippen LogP contribution is -2.42. The van der Waals surface area contributed by atoms with Gasteiger partial charge in [-0.3, -0.25) is 0 Å². The van der Waals surface area contributed by atoms with E-state index in [1.807, 2.05) is 30.0 Å². The van der Waals surface area contributed by atoms with Gasteiger partial charge in [0.25, 0.3) is 0 Å². The van der Waals surface area contributed by atoms with E-state index in [4.69, 9.17) is 9.73 Å². The molecule has 1 saturated heterocycles. The van der Waals surface area contributed by atoms with Gasteiger partial charge in [-0.05, 0) is 57.0 Å². The Labute approximate surface area is 172 Å². The van der Waals surface area contributed by atoms with Crippen LogP contribution >= 0.6 is 0 Å². The van der Waals surface area contributed by atoms with E-state index in [0.717, 1.165) is 60.2 Å². The van der Waals surface area contributed by atoms with Crippen LogP contribution < -0.4 is 10.1 Å². The van der Waals surface area contributed by atoms with Gasteiger partial charge in [0, 0.05) is 32.7 Å². The zero-order chi connectivity index (χ0) is 20.4. The number of urea groups is 1. The molecule has 4 rings (SSSR count). The number of aliphatic imine (C=N–C) groups is 1. The Bertz CT molecular complexity index is 954. The quantitative estimate of drug-likeness (QED) is 0.790. The first-order chi connectivity index (χ1) is 14.0. The number of fused-ring (bicyclic) bond motifs is 2. The van der Waals surface area contributed by atoms with Crippen molar-refractivity contribution in [1.29, 1.82) is 0 Å². The third-order valence-corrected chi connectivity index (χ3v) is 5.35. The van der Waals surface area contributed by atoms with Gasteiger partial charge in [-0.15, -0.1) is 0 Å². The largest absolute Gasteiger partial charge is 0.454 e. The predicted octanol–water partition coefficient (Wildman–Crippen LogP) is 4.22. The number of carbonyl (C=O) groups is 1. The summed E-state index contributed by atoms with van der Waals surface area (Å²) in [5.74, 6) is 2.52. The molecule has 2 amide bonds. The average Bonchev–Trinajstić information content (AvgIpc) is 3.03. The Morgan fingerprint density at radius 3 is 2.66 bits per heavy atom. The summed E-state index contributed by atoms with van der Waals surface area (Å²) in [6.45, 7) is 9.75. The highest BCUT2D eigenvalue weighted by molar-refractivity contribution is 6.04. The number of carbonyl (C=O) groups excluding carboxylic acids is 1. The first kappa shape index (κ1) is 19.3. The highest BCUT2D eigenvalue weighted by Crippen LogP contribution is 2.39. The maximum atomic E-state index is 12.3. The Morgan fingerprint density at radius 1 is 1.03 bits per heavy atom. The molecular weight excluding hydrogens is 364 g/mol. The lowest BCUT2D eigenvalue weighted by molar-refractivity contribution is 0.201. The van der Waals surface area contributed by atoms with Crippen molar-refractivity contribution in [3.8, 4) is 11.5 Å². The van der Waals surface area contributed by atoms with Crippen molar-refractivity contribution in [2.75, 3.05) is 32.7 Å². The molecule has 0 aliphatic carbocycles. The smallest absolute Gasteiger partial charge is 0.317 e. The second kappa shape index (κ2) is 8.15. The van der Waals surface area contributed by atoms with E-state index >= 15 is 0 Å². The van der Waals surface area contributed by atoms with Crippen molar-refractivity contribution in [2.24, 2.45) is 4.99 Å². The van der Waals surface area contributed by atoms with Crippen LogP contribution in [0.2, 0.25) is 0 Å². The minimum absolute atomic E-state index is 0.0116.